The first-order valence-corrected chi connectivity index (χ1v) is 5.16. The number of benzene rings is 1. The first-order valence-electron chi connectivity index (χ1n) is 5.16. The Hall–Kier alpha value is -2.51. The summed E-state index contributed by atoms with van der Waals surface area (Å²) in [6.45, 7) is -0.621. The standard InChI is InChI=1S/C12H6F4O4/c13-6-3-7(14)10(16)11(9(6)15)19-4-5-1-2-8(20-5)12(17)18/h1-3H,4H2,(H,17,18)/p-1. The molecule has 0 saturated carbocycles. The molecule has 4 nitrogen and oxygen atoms in total. The average Bonchev–Trinajstić information content (AvgIpc) is 2.85. The number of halogens is 4. The smallest absolute Gasteiger partial charge is 0.203 e. The molecule has 0 unspecified atom stereocenters. The lowest BCUT2D eigenvalue weighted by molar-refractivity contribution is -0.257. The third kappa shape index (κ3) is 2.58. The molecule has 20 heavy (non-hydrogen) atoms. The van der Waals surface area contributed by atoms with Crippen molar-refractivity contribution in [3.05, 3.63) is 53.0 Å². The predicted octanol–water partition coefficient (Wildman–Crippen LogP) is 1.78. The van der Waals surface area contributed by atoms with Crippen molar-refractivity contribution in [2.75, 3.05) is 0 Å². The molecule has 106 valence electrons. The van der Waals surface area contributed by atoms with Gasteiger partial charge in [-0.05, 0) is 12.1 Å². The van der Waals surface area contributed by atoms with E-state index in [9.17, 15) is 27.5 Å². The lowest BCUT2D eigenvalue weighted by atomic mass is 10.3. The number of carboxylic acids is 1. The molecule has 0 fully saturated rings. The van der Waals surface area contributed by atoms with E-state index in [0.29, 0.717) is 0 Å². The molecule has 0 aliphatic carbocycles. The van der Waals surface area contributed by atoms with E-state index in [1.54, 1.807) is 0 Å². The number of hydrogen-bond acceptors (Lipinski definition) is 4. The molecule has 0 radical (unpaired) electrons. The molecule has 8 heteroatoms. The van der Waals surface area contributed by atoms with Gasteiger partial charge in [0.25, 0.3) is 0 Å². The highest BCUT2D eigenvalue weighted by Gasteiger charge is 2.21. The maximum atomic E-state index is 13.2. The van der Waals surface area contributed by atoms with Crippen LogP contribution in [0.25, 0.3) is 0 Å². The van der Waals surface area contributed by atoms with Gasteiger partial charge in [0.1, 0.15) is 24.1 Å². The second-order valence-electron chi connectivity index (χ2n) is 3.64. The van der Waals surface area contributed by atoms with Gasteiger partial charge in [0.15, 0.2) is 17.4 Å². The van der Waals surface area contributed by atoms with Crippen LogP contribution in [0.3, 0.4) is 0 Å². The number of carbonyl (C=O) groups excluding carboxylic acids is 1. The lowest BCUT2D eigenvalue weighted by Gasteiger charge is -2.08. The number of furan rings is 1. The highest BCUT2D eigenvalue weighted by molar-refractivity contribution is 5.82. The summed E-state index contributed by atoms with van der Waals surface area (Å²) >= 11 is 0. The maximum absolute atomic E-state index is 13.2. The van der Waals surface area contributed by atoms with Gasteiger partial charge >= 0.3 is 0 Å². The Labute approximate surface area is 109 Å². The average molecular weight is 289 g/mol. The van der Waals surface area contributed by atoms with Gasteiger partial charge in [0.2, 0.25) is 11.6 Å². The van der Waals surface area contributed by atoms with Crippen molar-refractivity contribution < 1.29 is 36.6 Å². The summed E-state index contributed by atoms with van der Waals surface area (Å²) in [5.41, 5.74) is 0. The molecule has 0 bridgehead atoms. The first kappa shape index (κ1) is 13.9. The molecule has 2 rings (SSSR count). The Balaban J connectivity index is 2.20. The van der Waals surface area contributed by atoms with Crippen LogP contribution in [-0.4, -0.2) is 5.97 Å². The second kappa shape index (κ2) is 5.24. The van der Waals surface area contributed by atoms with E-state index in [0.717, 1.165) is 12.1 Å². The molecule has 0 amide bonds. The molecule has 0 atom stereocenters. The predicted molar refractivity (Wildman–Crippen MR) is 53.6 cm³/mol. The summed E-state index contributed by atoms with van der Waals surface area (Å²) in [7, 11) is 0. The van der Waals surface area contributed by atoms with Crippen LogP contribution >= 0.6 is 0 Å². The fourth-order valence-corrected chi connectivity index (χ4v) is 1.39. The summed E-state index contributed by atoms with van der Waals surface area (Å²) in [6, 6.07) is 2.22. The van der Waals surface area contributed by atoms with E-state index in [4.69, 9.17) is 0 Å². The Morgan fingerprint density at radius 1 is 1.15 bits per heavy atom. The van der Waals surface area contributed by atoms with Gasteiger partial charge < -0.3 is 19.1 Å². The second-order valence-corrected chi connectivity index (χ2v) is 3.64. The Morgan fingerprint density at radius 2 is 1.75 bits per heavy atom. The SMILES string of the molecule is O=C([O-])c1ccc(COc2c(F)c(F)cc(F)c2F)o1. The molecule has 1 aromatic heterocycles. The van der Waals surface area contributed by atoms with Gasteiger partial charge in [-0.1, -0.05) is 0 Å². The minimum atomic E-state index is -1.70. The normalized spacial score (nSPS) is 10.6. The molecule has 0 aliphatic rings. The van der Waals surface area contributed by atoms with E-state index in [1.165, 1.54) is 0 Å². The van der Waals surface area contributed by atoms with Gasteiger partial charge in [-0.2, -0.15) is 8.78 Å². The van der Waals surface area contributed by atoms with Crippen LogP contribution in [0.1, 0.15) is 16.3 Å². The lowest BCUT2D eigenvalue weighted by Crippen LogP contribution is -2.21. The quantitative estimate of drug-likeness (QED) is 0.636. The van der Waals surface area contributed by atoms with E-state index < -0.39 is 47.4 Å². The summed E-state index contributed by atoms with van der Waals surface area (Å²) < 4.78 is 61.5. The summed E-state index contributed by atoms with van der Waals surface area (Å²) in [4.78, 5) is 10.4. The van der Waals surface area contributed by atoms with Crippen molar-refractivity contribution in [1.82, 2.24) is 0 Å². The van der Waals surface area contributed by atoms with Crippen LogP contribution in [0.2, 0.25) is 0 Å². The minimum Gasteiger partial charge on any atom is -0.542 e. The van der Waals surface area contributed by atoms with E-state index in [2.05, 4.69) is 9.15 Å². The monoisotopic (exact) mass is 289 g/mol. The van der Waals surface area contributed by atoms with Gasteiger partial charge in [-0.3, -0.25) is 0 Å². The molecular formula is C12H5F4O4-. The first-order chi connectivity index (χ1) is 9.40. The minimum absolute atomic E-state index is 0.0403. The van der Waals surface area contributed by atoms with Crippen LogP contribution in [0.15, 0.2) is 22.6 Å². The maximum Gasteiger partial charge on any atom is 0.203 e. The number of rotatable bonds is 4. The molecule has 0 aliphatic heterocycles. The fourth-order valence-electron chi connectivity index (χ4n) is 1.39. The molecule has 0 N–H and O–H groups in total. The summed E-state index contributed by atoms with van der Waals surface area (Å²) in [5, 5.41) is 10.4. The van der Waals surface area contributed by atoms with Gasteiger partial charge in [-0.25, -0.2) is 8.78 Å². The molecule has 0 saturated heterocycles. The molecular weight excluding hydrogens is 284 g/mol. The number of carboxylic acid groups (broad SMARTS) is 1. The Kier molecular flexibility index (Phi) is 3.64. The highest BCUT2D eigenvalue weighted by Crippen LogP contribution is 2.27. The molecule has 2 aromatic rings. The number of aromatic carboxylic acids is 1. The zero-order valence-corrected chi connectivity index (χ0v) is 9.58. The Bertz CT molecular complexity index is 639. The number of carbonyl (C=O) groups is 1. The van der Waals surface area contributed by atoms with Crippen molar-refractivity contribution in [2.45, 2.75) is 6.61 Å². The van der Waals surface area contributed by atoms with Crippen molar-refractivity contribution in [3.63, 3.8) is 0 Å². The van der Waals surface area contributed by atoms with Crippen molar-refractivity contribution in [3.8, 4) is 5.75 Å². The van der Waals surface area contributed by atoms with E-state index in [1.807, 2.05) is 0 Å². The largest absolute Gasteiger partial charge is 0.542 e. The van der Waals surface area contributed by atoms with E-state index >= 15 is 0 Å². The summed E-state index contributed by atoms with van der Waals surface area (Å²) in [6.07, 6.45) is 0. The number of ether oxygens (including phenoxy) is 1. The van der Waals surface area contributed by atoms with Crippen LogP contribution in [0.5, 0.6) is 5.75 Å². The summed E-state index contributed by atoms with van der Waals surface area (Å²) in [5.74, 6) is -10.1. The van der Waals surface area contributed by atoms with Crippen molar-refractivity contribution >= 4 is 5.97 Å². The molecule has 1 heterocycles. The zero-order valence-electron chi connectivity index (χ0n) is 9.58. The number of hydrogen-bond donors (Lipinski definition) is 0. The zero-order chi connectivity index (χ0) is 14.9. The van der Waals surface area contributed by atoms with Crippen LogP contribution in [-0.2, 0) is 6.61 Å². The van der Waals surface area contributed by atoms with Crippen molar-refractivity contribution in [2.24, 2.45) is 0 Å². The van der Waals surface area contributed by atoms with Gasteiger partial charge in [-0.15, -0.1) is 0 Å². The van der Waals surface area contributed by atoms with Crippen LogP contribution < -0.4 is 9.84 Å². The van der Waals surface area contributed by atoms with Gasteiger partial charge in [0.05, 0.1) is 0 Å². The van der Waals surface area contributed by atoms with E-state index in [-0.39, 0.29) is 11.8 Å². The molecule has 0 spiro atoms. The molecule has 1 aromatic carbocycles. The van der Waals surface area contributed by atoms with Crippen LogP contribution in [0.4, 0.5) is 17.6 Å². The third-order valence-corrected chi connectivity index (χ3v) is 2.29. The highest BCUT2D eigenvalue weighted by atomic mass is 19.2. The Morgan fingerprint density at radius 3 is 2.25 bits per heavy atom. The van der Waals surface area contributed by atoms with Gasteiger partial charge in [0, 0.05) is 6.07 Å². The topological polar surface area (TPSA) is 62.5 Å². The van der Waals surface area contributed by atoms with Crippen molar-refractivity contribution in [1.29, 1.82) is 0 Å². The fraction of sp³-hybridized carbons (Fsp3) is 0.0833. The van der Waals surface area contributed by atoms with Crippen LogP contribution in [0, 0.1) is 23.3 Å². The third-order valence-electron chi connectivity index (χ3n) is 2.29.